The van der Waals surface area contributed by atoms with Crippen molar-refractivity contribution < 1.29 is 4.92 Å². The van der Waals surface area contributed by atoms with Crippen molar-refractivity contribution in [1.82, 2.24) is 4.98 Å². The number of nitrogens with zero attached hydrogens (tertiary/aromatic N) is 2. The Hall–Kier alpha value is -2.19. The van der Waals surface area contributed by atoms with Crippen LogP contribution in [-0.2, 0) is 0 Å². The van der Waals surface area contributed by atoms with Crippen LogP contribution < -0.4 is 16.6 Å². The van der Waals surface area contributed by atoms with E-state index in [1.807, 2.05) is 25.1 Å². The maximum Gasteiger partial charge on any atom is 0.276 e. The van der Waals surface area contributed by atoms with Gasteiger partial charge >= 0.3 is 0 Å². The molecule has 4 N–H and O–H groups in total. The summed E-state index contributed by atoms with van der Waals surface area (Å²) in [6.07, 6.45) is 0. The lowest BCUT2D eigenvalue weighted by molar-refractivity contribution is -0.384. The van der Waals surface area contributed by atoms with Gasteiger partial charge in [-0.15, -0.1) is 0 Å². The summed E-state index contributed by atoms with van der Waals surface area (Å²) >= 11 is 3.42. The van der Waals surface area contributed by atoms with Crippen molar-refractivity contribution in [3.63, 3.8) is 0 Å². The highest BCUT2D eigenvalue weighted by molar-refractivity contribution is 9.10. The first kappa shape index (κ1) is 14.2. The zero-order valence-electron chi connectivity index (χ0n) is 10.6. The first-order chi connectivity index (χ1) is 9.49. The van der Waals surface area contributed by atoms with Gasteiger partial charge < -0.3 is 10.7 Å². The van der Waals surface area contributed by atoms with Crippen LogP contribution in [0.4, 0.5) is 23.0 Å². The number of halogens is 1. The van der Waals surface area contributed by atoms with Crippen LogP contribution in [0.3, 0.4) is 0 Å². The fourth-order valence-electron chi connectivity index (χ4n) is 1.58. The zero-order chi connectivity index (χ0) is 14.7. The predicted octanol–water partition coefficient (Wildman–Crippen LogP) is 3.09. The molecule has 0 atom stereocenters. The fraction of sp³-hybridized carbons (Fsp3) is 0.0833. The van der Waals surface area contributed by atoms with Gasteiger partial charge in [0.1, 0.15) is 11.6 Å². The number of hydrazine groups is 1. The molecule has 0 bridgehead atoms. The van der Waals surface area contributed by atoms with E-state index in [1.54, 1.807) is 0 Å². The summed E-state index contributed by atoms with van der Waals surface area (Å²) in [5, 5.41) is 13.8. The second kappa shape index (κ2) is 5.85. The third-order valence-corrected chi connectivity index (χ3v) is 3.47. The van der Waals surface area contributed by atoms with Gasteiger partial charge in [0.25, 0.3) is 5.69 Å². The van der Waals surface area contributed by atoms with Crippen LogP contribution in [0.5, 0.6) is 0 Å². The number of nitrogens with one attached hydrogen (secondary N) is 2. The maximum absolute atomic E-state index is 10.8. The summed E-state index contributed by atoms with van der Waals surface area (Å²) in [5.74, 6) is 5.81. The summed E-state index contributed by atoms with van der Waals surface area (Å²) < 4.78 is 0.935. The van der Waals surface area contributed by atoms with E-state index in [1.165, 1.54) is 12.1 Å². The molecule has 1 heterocycles. The number of nitro groups is 1. The lowest BCUT2D eigenvalue weighted by atomic mass is 10.2. The van der Waals surface area contributed by atoms with Crippen LogP contribution in [0.2, 0.25) is 0 Å². The minimum absolute atomic E-state index is 0.0957. The van der Waals surface area contributed by atoms with E-state index in [0.717, 1.165) is 15.7 Å². The molecule has 0 aliphatic rings. The first-order valence-corrected chi connectivity index (χ1v) is 6.45. The summed E-state index contributed by atoms with van der Waals surface area (Å²) in [7, 11) is 0. The molecule has 2 rings (SSSR count). The molecule has 0 fully saturated rings. The number of nitrogen functional groups attached to an aromatic ring is 1. The zero-order valence-corrected chi connectivity index (χ0v) is 12.1. The molecule has 20 heavy (non-hydrogen) atoms. The van der Waals surface area contributed by atoms with E-state index in [4.69, 9.17) is 5.84 Å². The Morgan fingerprint density at radius 3 is 2.60 bits per heavy atom. The molecule has 0 saturated heterocycles. The van der Waals surface area contributed by atoms with Crippen LogP contribution in [0.15, 0.2) is 34.8 Å². The van der Waals surface area contributed by atoms with E-state index in [2.05, 4.69) is 31.7 Å². The topological polar surface area (TPSA) is 106 Å². The van der Waals surface area contributed by atoms with Gasteiger partial charge in [-0.3, -0.25) is 10.1 Å². The molecule has 104 valence electrons. The van der Waals surface area contributed by atoms with Crippen molar-refractivity contribution in [2.75, 3.05) is 10.7 Å². The smallest absolute Gasteiger partial charge is 0.276 e. The molecule has 0 saturated carbocycles. The second-order valence-electron chi connectivity index (χ2n) is 4.09. The van der Waals surface area contributed by atoms with Gasteiger partial charge in [-0.05, 0) is 24.6 Å². The van der Waals surface area contributed by atoms with Gasteiger partial charge in [0.2, 0.25) is 0 Å². The molecule has 8 heteroatoms. The average Bonchev–Trinajstić information content (AvgIpc) is 2.42. The molecular formula is C12H12BrN5O2. The van der Waals surface area contributed by atoms with E-state index in [-0.39, 0.29) is 11.5 Å². The van der Waals surface area contributed by atoms with Gasteiger partial charge in [-0.1, -0.05) is 22.0 Å². The van der Waals surface area contributed by atoms with Crippen molar-refractivity contribution in [3.8, 4) is 0 Å². The van der Waals surface area contributed by atoms with Crippen LogP contribution in [0.25, 0.3) is 0 Å². The fourth-order valence-corrected chi connectivity index (χ4v) is 1.96. The minimum atomic E-state index is -0.501. The third-order valence-electron chi connectivity index (χ3n) is 2.61. The molecule has 2 aromatic rings. The Labute approximate surface area is 123 Å². The number of hydrogen-bond acceptors (Lipinski definition) is 6. The molecule has 0 radical (unpaired) electrons. The Kier molecular flexibility index (Phi) is 4.16. The maximum atomic E-state index is 10.8. The lowest BCUT2D eigenvalue weighted by Gasteiger charge is -2.09. The molecular weight excluding hydrogens is 326 g/mol. The van der Waals surface area contributed by atoms with E-state index in [9.17, 15) is 10.1 Å². The standard InChI is InChI=1S/C12H12BrN5O2/c1-7-2-3-8(4-10(7)13)15-11-5-9(18(19)20)6-12(16-11)17-14/h2-6H,14H2,1H3,(H2,15,16,17). The number of nitrogens with two attached hydrogens (primary N) is 1. The molecule has 7 nitrogen and oxygen atoms in total. The molecule has 0 amide bonds. The highest BCUT2D eigenvalue weighted by atomic mass is 79.9. The molecule has 0 unspecified atom stereocenters. The number of hydrogen-bond donors (Lipinski definition) is 3. The van der Waals surface area contributed by atoms with Gasteiger partial charge in [0.05, 0.1) is 17.1 Å². The molecule has 0 aliphatic carbocycles. The summed E-state index contributed by atoms with van der Waals surface area (Å²) in [6.45, 7) is 1.97. The van der Waals surface area contributed by atoms with Gasteiger partial charge in [0.15, 0.2) is 0 Å². The van der Waals surface area contributed by atoms with Gasteiger partial charge in [0, 0.05) is 10.2 Å². The van der Waals surface area contributed by atoms with Crippen LogP contribution >= 0.6 is 15.9 Å². The minimum Gasteiger partial charge on any atom is -0.340 e. The number of aromatic nitrogens is 1. The van der Waals surface area contributed by atoms with Gasteiger partial charge in [-0.2, -0.15) is 0 Å². The van der Waals surface area contributed by atoms with E-state index < -0.39 is 4.92 Å². The number of aryl methyl sites for hydroxylation is 1. The van der Waals surface area contributed by atoms with E-state index in [0.29, 0.717) is 5.82 Å². The predicted molar refractivity (Wildman–Crippen MR) is 80.9 cm³/mol. The Bertz CT molecular complexity index is 662. The van der Waals surface area contributed by atoms with Crippen molar-refractivity contribution in [2.45, 2.75) is 6.92 Å². The van der Waals surface area contributed by atoms with Gasteiger partial charge in [-0.25, -0.2) is 10.8 Å². The summed E-state index contributed by atoms with van der Waals surface area (Å²) in [4.78, 5) is 14.5. The van der Waals surface area contributed by atoms with Crippen LogP contribution in [-0.4, -0.2) is 9.91 Å². The quantitative estimate of drug-likeness (QED) is 0.449. The van der Waals surface area contributed by atoms with Crippen LogP contribution in [0.1, 0.15) is 5.56 Å². The normalized spacial score (nSPS) is 10.2. The number of anilines is 3. The highest BCUT2D eigenvalue weighted by Gasteiger charge is 2.11. The number of pyridine rings is 1. The molecule has 0 spiro atoms. The first-order valence-electron chi connectivity index (χ1n) is 5.66. The SMILES string of the molecule is Cc1ccc(Nc2cc([N+](=O)[O-])cc(NN)n2)cc1Br. The highest BCUT2D eigenvalue weighted by Crippen LogP contribution is 2.26. The number of rotatable bonds is 4. The number of benzene rings is 1. The largest absolute Gasteiger partial charge is 0.340 e. The molecule has 0 aliphatic heterocycles. The Morgan fingerprint density at radius 2 is 2.00 bits per heavy atom. The summed E-state index contributed by atoms with van der Waals surface area (Å²) in [5.41, 5.74) is 4.06. The molecule has 1 aromatic carbocycles. The lowest BCUT2D eigenvalue weighted by Crippen LogP contribution is -2.10. The van der Waals surface area contributed by atoms with E-state index >= 15 is 0 Å². The Balaban J connectivity index is 2.34. The Morgan fingerprint density at radius 1 is 1.30 bits per heavy atom. The average molecular weight is 338 g/mol. The van der Waals surface area contributed by atoms with Crippen molar-refractivity contribution in [1.29, 1.82) is 0 Å². The van der Waals surface area contributed by atoms with Crippen molar-refractivity contribution in [2.24, 2.45) is 5.84 Å². The van der Waals surface area contributed by atoms with Crippen LogP contribution in [0, 0.1) is 17.0 Å². The monoisotopic (exact) mass is 337 g/mol. The van der Waals surface area contributed by atoms with Crippen molar-refractivity contribution in [3.05, 3.63) is 50.5 Å². The molecule has 1 aromatic heterocycles. The third kappa shape index (κ3) is 3.22. The second-order valence-corrected chi connectivity index (χ2v) is 4.94. The summed E-state index contributed by atoms with van der Waals surface area (Å²) in [6, 6.07) is 8.25. The van der Waals surface area contributed by atoms with Crippen molar-refractivity contribution >= 4 is 38.9 Å².